The van der Waals surface area contributed by atoms with Gasteiger partial charge < -0.3 is 9.30 Å². The zero-order valence-corrected chi connectivity index (χ0v) is 11.4. The molecule has 0 amide bonds. The quantitative estimate of drug-likeness (QED) is 0.837. The highest BCUT2D eigenvalue weighted by atomic mass is 16.5. The summed E-state index contributed by atoms with van der Waals surface area (Å²) in [5.74, 6) is 0.311. The minimum atomic E-state index is -0.199. The first-order valence-electron chi connectivity index (χ1n) is 6.45. The predicted octanol–water partition coefficient (Wildman–Crippen LogP) is 2.65. The van der Waals surface area contributed by atoms with Gasteiger partial charge in [-0.05, 0) is 24.6 Å². The van der Waals surface area contributed by atoms with E-state index in [1.807, 2.05) is 37.3 Å². The van der Waals surface area contributed by atoms with Gasteiger partial charge in [0.1, 0.15) is 6.61 Å². The zero-order chi connectivity index (χ0) is 14.4. The number of nitriles is 1. The van der Waals surface area contributed by atoms with Crippen LogP contribution in [0.1, 0.15) is 17.5 Å². The van der Waals surface area contributed by atoms with Gasteiger partial charge in [0.05, 0.1) is 12.5 Å². The monoisotopic (exact) mass is 268 g/mol. The van der Waals surface area contributed by atoms with Crippen molar-refractivity contribution in [2.45, 2.75) is 26.5 Å². The molecule has 4 heteroatoms. The number of nitrogens with zero attached hydrogens (tertiary/aromatic N) is 2. The molecule has 0 bridgehead atoms. The molecule has 0 atom stereocenters. The maximum atomic E-state index is 12.1. The summed E-state index contributed by atoms with van der Waals surface area (Å²) >= 11 is 0. The molecule has 0 saturated carbocycles. The molecule has 1 aromatic heterocycles. The second-order valence-corrected chi connectivity index (χ2v) is 4.55. The molecule has 0 N–H and O–H groups in total. The van der Waals surface area contributed by atoms with Crippen LogP contribution in [-0.2, 0) is 13.2 Å². The van der Waals surface area contributed by atoms with Crippen molar-refractivity contribution in [3.63, 3.8) is 0 Å². The molecule has 102 valence electrons. The minimum Gasteiger partial charge on any atom is -0.483 e. The van der Waals surface area contributed by atoms with Crippen LogP contribution in [0.2, 0.25) is 0 Å². The fraction of sp³-hybridized carbons (Fsp3) is 0.250. The van der Waals surface area contributed by atoms with Crippen molar-refractivity contribution >= 4 is 0 Å². The van der Waals surface area contributed by atoms with Crippen molar-refractivity contribution in [2.24, 2.45) is 0 Å². The zero-order valence-electron chi connectivity index (χ0n) is 11.4. The van der Waals surface area contributed by atoms with E-state index in [0.29, 0.717) is 25.3 Å². The van der Waals surface area contributed by atoms with E-state index in [9.17, 15) is 4.79 Å². The lowest BCUT2D eigenvalue weighted by molar-refractivity contribution is 0.299. The Bertz CT molecular complexity index is 666. The first-order valence-corrected chi connectivity index (χ1v) is 6.45. The summed E-state index contributed by atoms with van der Waals surface area (Å²) in [6, 6.07) is 13.4. The van der Waals surface area contributed by atoms with E-state index in [0.717, 1.165) is 5.56 Å². The molecule has 0 radical (unpaired) electrons. The van der Waals surface area contributed by atoms with E-state index in [4.69, 9.17) is 10.00 Å². The van der Waals surface area contributed by atoms with Gasteiger partial charge in [0.2, 0.25) is 0 Å². The fourth-order valence-electron chi connectivity index (χ4n) is 1.82. The Morgan fingerprint density at radius 3 is 2.70 bits per heavy atom. The van der Waals surface area contributed by atoms with Gasteiger partial charge in [-0.15, -0.1) is 0 Å². The van der Waals surface area contributed by atoms with E-state index < -0.39 is 0 Å². The van der Waals surface area contributed by atoms with E-state index in [2.05, 4.69) is 0 Å². The Labute approximate surface area is 117 Å². The highest BCUT2D eigenvalue weighted by molar-refractivity contribution is 5.22. The molecule has 0 aliphatic heterocycles. The van der Waals surface area contributed by atoms with Crippen LogP contribution in [0.3, 0.4) is 0 Å². The molecule has 2 rings (SSSR count). The number of pyridine rings is 1. The Morgan fingerprint density at radius 2 is 2.00 bits per heavy atom. The molecule has 2 aromatic rings. The topological polar surface area (TPSA) is 55.0 Å². The van der Waals surface area contributed by atoms with E-state index in [1.54, 1.807) is 18.3 Å². The SMILES string of the molecule is Cc1ccc(COc2cccn(CCC#N)c2=O)cc1. The van der Waals surface area contributed by atoms with Crippen LogP contribution in [0, 0.1) is 18.3 Å². The van der Waals surface area contributed by atoms with Gasteiger partial charge in [0.25, 0.3) is 5.56 Å². The van der Waals surface area contributed by atoms with Crippen molar-refractivity contribution in [2.75, 3.05) is 0 Å². The summed E-state index contributed by atoms with van der Waals surface area (Å²) in [4.78, 5) is 12.1. The summed E-state index contributed by atoms with van der Waals surface area (Å²) in [5.41, 5.74) is 2.00. The Balaban J connectivity index is 2.08. The van der Waals surface area contributed by atoms with Crippen molar-refractivity contribution < 1.29 is 4.74 Å². The van der Waals surface area contributed by atoms with Crippen molar-refractivity contribution in [3.05, 3.63) is 64.1 Å². The van der Waals surface area contributed by atoms with Crippen molar-refractivity contribution in [3.8, 4) is 11.8 Å². The number of hydrogen-bond acceptors (Lipinski definition) is 3. The van der Waals surface area contributed by atoms with Gasteiger partial charge >= 0.3 is 0 Å². The molecule has 0 saturated heterocycles. The molecule has 0 unspecified atom stereocenters. The minimum absolute atomic E-state index is 0.199. The van der Waals surface area contributed by atoms with Crippen molar-refractivity contribution in [1.82, 2.24) is 4.57 Å². The van der Waals surface area contributed by atoms with Crippen LogP contribution in [-0.4, -0.2) is 4.57 Å². The van der Waals surface area contributed by atoms with Crippen LogP contribution < -0.4 is 10.3 Å². The Kier molecular flexibility index (Phi) is 4.56. The van der Waals surface area contributed by atoms with Crippen LogP contribution in [0.15, 0.2) is 47.4 Å². The van der Waals surface area contributed by atoms with Gasteiger partial charge in [-0.2, -0.15) is 5.26 Å². The molecule has 0 fully saturated rings. The number of benzene rings is 1. The second-order valence-electron chi connectivity index (χ2n) is 4.55. The number of aromatic nitrogens is 1. The van der Waals surface area contributed by atoms with E-state index in [-0.39, 0.29) is 5.56 Å². The highest BCUT2D eigenvalue weighted by Gasteiger charge is 2.04. The molecule has 0 aliphatic carbocycles. The molecular weight excluding hydrogens is 252 g/mol. The first-order chi connectivity index (χ1) is 9.70. The van der Waals surface area contributed by atoms with Crippen LogP contribution >= 0.6 is 0 Å². The second kappa shape index (κ2) is 6.58. The van der Waals surface area contributed by atoms with E-state index >= 15 is 0 Å². The summed E-state index contributed by atoms with van der Waals surface area (Å²) in [5, 5.41) is 8.57. The van der Waals surface area contributed by atoms with Gasteiger partial charge in [-0.1, -0.05) is 29.8 Å². The molecule has 1 aromatic carbocycles. The van der Waals surface area contributed by atoms with Gasteiger partial charge in [0, 0.05) is 12.7 Å². The average molecular weight is 268 g/mol. The average Bonchev–Trinajstić information content (AvgIpc) is 2.47. The Morgan fingerprint density at radius 1 is 1.25 bits per heavy atom. The number of rotatable bonds is 5. The lowest BCUT2D eigenvalue weighted by atomic mass is 10.2. The lowest BCUT2D eigenvalue weighted by Gasteiger charge is -2.08. The van der Waals surface area contributed by atoms with Crippen LogP contribution in [0.4, 0.5) is 0 Å². The van der Waals surface area contributed by atoms with Crippen molar-refractivity contribution in [1.29, 1.82) is 5.26 Å². The number of aryl methyl sites for hydroxylation is 2. The fourth-order valence-corrected chi connectivity index (χ4v) is 1.82. The Hall–Kier alpha value is -2.54. The predicted molar refractivity (Wildman–Crippen MR) is 76.4 cm³/mol. The van der Waals surface area contributed by atoms with Gasteiger partial charge in [0.15, 0.2) is 5.75 Å². The van der Waals surface area contributed by atoms with Crippen LogP contribution in [0.5, 0.6) is 5.75 Å². The third-order valence-electron chi connectivity index (χ3n) is 2.96. The number of ether oxygens (including phenoxy) is 1. The molecule has 0 aliphatic rings. The maximum absolute atomic E-state index is 12.1. The largest absolute Gasteiger partial charge is 0.483 e. The molecule has 0 spiro atoms. The van der Waals surface area contributed by atoms with Gasteiger partial charge in [-0.25, -0.2) is 0 Å². The summed E-state index contributed by atoms with van der Waals surface area (Å²) < 4.78 is 7.06. The summed E-state index contributed by atoms with van der Waals surface area (Å²) in [6.07, 6.45) is 1.97. The van der Waals surface area contributed by atoms with Gasteiger partial charge in [-0.3, -0.25) is 4.79 Å². The first kappa shape index (κ1) is 13.9. The molecule has 4 nitrogen and oxygen atoms in total. The van der Waals surface area contributed by atoms with E-state index in [1.165, 1.54) is 10.1 Å². The summed E-state index contributed by atoms with van der Waals surface area (Å²) in [6.45, 7) is 2.77. The molecule has 20 heavy (non-hydrogen) atoms. The summed E-state index contributed by atoms with van der Waals surface area (Å²) in [7, 11) is 0. The lowest BCUT2D eigenvalue weighted by Crippen LogP contribution is -2.21. The maximum Gasteiger partial charge on any atom is 0.292 e. The van der Waals surface area contributed by atoms with Crippen LogP contribution in [0.25, 0.3) is 0 Å². The third-order valence-corrected chi connectivity index (χ3v) is 2.96. The molecule has 1 heterocycles. The molecular formula is C16H16N2O2. The third kappa shape index (κ3) is 3.48. The number of hydrogen-bond donors (Lipinski definition) is 0. The normalized spacial score (nSPS) is 10.0. The smallest absolute Gasteiger partial charge is 0.292 e. The standard InChI is InChI=1S/C16H16N2O2/c1-13-5-7-14(8-6-13)12-20-15-4-2-10-18(16(15)19)11-3-9-17/h2,4-8,10H,3,11-12H2,1H3. The highest BCUT2D eigenvalue weighted by Crippen LogP contribution is 2.08.